The maximum Gasteiger partial charge on any atom is 0.234 e. The third-order valence-electron chi connectivity index (χ3n) is 2.92. The predicted octanol–water partition coefficient (Wildman–Crippen LogP) is 3.38. The maximum absolute atomic E-state index is 11.9. The van der Waals surface area contributed by atoms with Crippen LogP contribution in [0, 0.1) is 0 Å². The van der Waals surface area contributed by atoms with E-state index in [4.69, 9.17) is 4.74 Å². The molecule has 0 bridgehead atoms. The fourth-order valence-corrected chi connectivity index (χ4v) is 2.56. The number of carbonyl (C=O) groups excluding carboxylic acids is 2. The normalized spacial score (nSPS) is 10.0. The summed E-state index contributed by atoms with van der Waals surface area (Å²) < 4.78 is 5.07. The minimum absolute atomic E-state index is 0.0777. The topological polar surface area (TPSA) is 67.4 Å². The van der Waals surface area contributed by atoms with Gasteiger partial charge in [0, 0.05) is 23.2 Å². The summed E-state index contributed by atoms with van der Waals surface area (Å²) in [7, 11) is 1.60. The minimum Gasteiger partial charge on any atom is -0.497 e. The Morgan fingerprint density at radius 1 is 0.957 bits per heavy atom. The van der Waals surface area contributed by atoms with Crippen LogP contribution in [-0.2, 0) is 9.59 Å². The molecule has 0 saturated carbocycles. The zero-order valence-corrected chi connectivity index (χ0v) is 13.8. The van der Waals surface area contributed by atoms with Crippen molar-refractivity contribution in [2.75, 3.05) is 23.5 Å². The van der Waals surface area contributed by atoms with E-state index >= 15 is 0 Å². The van der Waals surface area contributed by atoms with E-state index in [1.165, 1.54) is 18.7 Å². The first kappa shape index (κ1) is 16.9. The number of anilines is 2. The lowest BCUT2D eigenvalue weighted by molar-refractivity contribution is -0.114. The summed E-state index contributed by atoms with van der Waals surface area (Å²) in [5.74, 6) is 0.873. The van der Waals surface area contributed by atoms with Crippen molar-refractivity contribution in [3.63, 3.8) is 0 Å². The number of ether oxygens (including phenoxy) is 1. The van der Waals surface area contributed by atoms with Gasteiger partial charge in [0.15, 0.2) is 0 Å². The quantitative estimate of drug-likeness (QED) is 0.797. The molecule has 0 saturated heterocycles. The molecule has 2 aromatic rings. The van der Waals surface area contributed by atoms with E-state index in [0.717, 1.165) is 22.0 Å². The molecule has 0 heterocycles. The zero-order chi connectivity index (χ0) is 16.7. The average molecular weight is 330 g/mol. The molecule has 0 atom stereocenters. The van der Waals surface area contributed by atoms with Crippen molar-refractivity contribution in [3.8, 4) is 5.75 Å². The van der Waals surface area contributed by atoms with Crippen molar-refractivity contribution in [3.05, 3.63) is 48.5 Å². The van der Waals surface area contributed by atoms with Crippen molar-refractivity contribution < 1.29 is 14.3 Å². The maximum atomic E-state index is 11.9. The highest BCUT2D eigenvalue weighted by molar-refractivity contribution is 8.00. The second-order valence-electron chi connectivity index (χ2n) is 4.77. The van der Waals surface area contributed by atoms with E-state index in [1.54, 1.807) is 31.4 Å². The van der Waals surface area contributed by atoms with Crippen LogP contribution in [0.5, 0.6) is 5.75 Å². The highest BCUT2D eigenvalue weighted by atomic mass is 32.2. The van der Waals surface area contributed by atoms with E-state index in [-0.39, 0.29) is 11.8 Å². The first-order chi connectivity index (χ1) is 11.1. The van der Waals surface area contributed by atoms with E-state index < -0.39 is 0 Å². The molecule has 120 valence electrons. The van der Waals surface area contributed by atoms with Gasteiger partial charge in [-0.25, -0.2) is 0 Å². The molecule has 0 aliphatic rings. The van der Waals surface area contributed by atoms with Gasteiger partial charge in [-0.2, -0.15) is 0 Å². The van der Waals surface area contributed by atoms with Gasteiger partial charge in [-0.3, -0.25) is 9.59 Å². The SMILES string of the molecule is COc1ccc(NC(=O)CSc2ccc(NC(C)=O)cc2)cc1. The van der Waals surface area contributed by atoms with Crippen molar-refractivity contribution in [1.82, 2.24) is 0 Å². The average Bonchev–Trinajstić information content (AvgIpc) is 2.54. The number of nitrogens with one attached hydrogen (secondary N) is 2. The molecule has 2 aromatic carbocycles. The number of hydrogen-bond donors (Lipinski definition) is 2. The third kappa shape index (κ3) is 5.67. The summed E-state index contributed by atoms with van der Waals surface area (Å²) in [5.41, 5.74) is 1.47. The van der Waals surface area contributed by atoms with E-state index in [9.17, 15) is 9.59 Å². The fraction of sp³-hybridized carbons (Fsp3) is 0.176. The van der Waals surface area contributed by atoms with Crippen LogP contribution in [0.3, 0.4) is 0 Å². The standard InChI is InChI=1S/C17H18N2O3S/c1-12(20)18-13-5-9-16(10-6-13)23-11-17(21)19-14-3-7-15(22-2)8-4-14/h3-10H,11H2,1-2H3,(H,18,20)(H,19,21). The summed E-state index contributed by atoms with van der Waals surface area (Å²) in [6, 6.07) is 14.5. The van der Waals surface area contributed by atoms with Gasteiger partial charge >= 0.3 is 0 Å². The lowest BCUT2D eigenvalue weighted by Crippen LogP contribution is -2.13. The van der Waals surface area contributed by atoms with Gasteiger partial charge in [-0.1, -0.05) is 0 Å². The molecule has 0 aromatic heterocycles. The second-order valence-corrected chi connectivity index (χ2v) is 5.82. The van der Waals surface area contributed by atoms with Crippen LogP contribution in [-0.4, -0.2) is 24.7 Å². The van der Waals surface area contributed by atoms with E-state index in [0.29, 0.717) is 5.75 Å². The lowest BCUT2D eigenvalue weighted by atomic mass is 10.3. The molecule has 0 fully saturated rings. The molecular weight excluding hydrogens is 312 g/mol. The summed E-state index contributed by atoms with van der Waals surface area (Å²) >= 11 is 1.43. The first-order valence-corrected chi connectivity index (χ1v) is 8.00. The Bertz CT molecular complexity index is 669. The van der Waals surface area contributed by atoms with Gasteiger partial charge in [0.2, 0.25) is 11.8 Å². The Morgan fingerprint density at radius 3 is 2.09 bits per heavy atom. The third-order valence-corrected chi connectivity index (χ3v) is 3.93. The highest BCUT2D eigenvalue weighted by Crippen LogP contribution is 2.21. The van der Waals surface area contributed by atoms with Crippen molar-refractivity contribution in [2.45, 2.75) is 11.8 Å². The van der Waals surface area contributed by atoms with Crippen LogP contribution in [0.25, 0.3) is 0 Å². The summed E-state index contributed by atoms with van der Waals surface area (Å²) in [6.45, 7) is 1.46. The van der Waals surface area contributed by atoms with Crippen LogP contribution in [0.15, 0.2) is 53.4 Å². The van der Waals surface area contributed by atoms with Crippen LogP contribution >= 0.6 is 11.8 Å². The summed E-state index contributed by atoms with van der Waals surface area (Å²) in [5, 5.41) is 5.53. The molecule has 5 nitrogen and oxygen atoms in total. The van der Waals surface area contributed by atoms with Crippen LogP contribution in [0.4, 0.5) is 11.4 Å². The first-order valence-electron chi connectivity index (χ1n) is 7.01. The van der Waals surface area contributed by atoms with Gasteiger partial charge in [-0.05, 0) is 48.5 Å². The number of carbonyl (C=O) groups is 2. The van der Waals surface area contributed by atoms with Crippen LogP contribution < -0.4 is 15.4 Å². The minimum atomic E-state index is -0.107. The monoisotopic (exact) mass is 330 g/mol. The molecule has 23 heavy (non-hydrogen) atoms. The van der Waals surface area contributed by atoms with Crippen LogP contribution in [0.1, 0.15) is 6.92 Å². The number of thioether (sulfide) groups is 1. The molecule has 0 spiro atoms. The number of amides is 2. The Kier molecular flexibility index (Phi) is 6.05. The smallest absolute Gasteiger partial charge is 0.234 e. The van der Waals surface area contributed by atoms with Gasteiger partial charge in [-0.15, -0.1) is 11.8 Å². The molecule has 2 amide bonds. The van der Waals surface area contributed by atoms with E-state index in [1.807, 2.05) is 24.3 Å². The molecule has 0 unspecified atom stereocenters. The highest BCUT2D eigenvalue weighted by Gasteiger charge is 2.04. The van der Waals surface area contributed by atoms with Crippen LogP contribution in [0.2, 0.25) is 0 Å². The largest absolute Gasteiger partial charge is 0.497 e. The van der Waals surface area contributed by atoms with Gasteiger partial charge < -0.3 is 15.4 Å². The van der Waals surface area contributed by atoms with Gasteiger partial charge in [0.1, 0.15) is 5.75 Å². The zero-order valence-electron chi connectivity index (χ0n) is 13.0. The fourth-order valence-electron chi connectivity index (χ4n) is 1.86. The Balaban J connectivity index is 1.82. The number of benzene rings is 2. The molecule has 0 aliphatic carbocycles. The van der Waals surface area contributed by atoms with Gasteiger partial charge in [0.25, 0.3) is 0 Å². The molecule has 2 N–H and O–H groups in total. The number of methoxy groups -OCH3 is 1. The van der Waals surface area contributed by atoms with Crippen molar-refractivity contribution in [1.29, 1.82) is 0 Å². The van der Waals surface area contributed by atoms with E-state index in [2.05, 4.69) is 10.6 Å². The summed E-state index contributed by atoms with van der Waals surface area (Å²) in [6.07, 6.45) is 0. The molecular formula is C17H18N2O3S. The second kappa shape index (κ2) is 8.24. The lowest BCUT2D eigenvalue weighted by Gasteiger charge is -2.07. The molecule has 6 heteroatoms. The molecule has 0 aliphatic heterocycles. The van der Waals surface area contributed by atoms with Gasteiger partial charge in [0.05, 0.1) is 12.9 Å². The Morgan fingerprint density at radius 2 is 1.52 bits per heavy atom. The Hall–Kier alpha value is -2.47. The van der Waals surface area contributed by atoms with Crippen molar-refractivity contribution in [2.24, 2.45) is 0 Å². The number of hydrogen-bond acceptors (Lipinski definition) is 4. The number of rotatable bonds is 6. The predicted molar refractivity (Wildman–Crippen MR) is 93.1 cm³/mol. The Labute approximate surface area is 139 Å². The molecule has 0 radical (unpaired) electrons. The molecule has 2 rings (SSSR count). The van der Waals surface area contributed by atoms with Crippen molar-refractivity contribution >= 4 is 35.0 Å². The summed E-state index contributed by atoms with van der Waals surface area (Å²) in [4.78, 5) is 23.8.